The van der Waals surface area contributed by atoms with E-state index in [4.69, 9.17) is 10.5 Å². The maximum Gasteiger partial charge on any atom is 0.254 e. The number of nitrogens with two attached hydrogens (primary N) is 1. The fourth-order valence-electron chi connectivity index (χ4n) is 2.42. The van der Waals surface area contributed by atoms with Crippen LogP contribution in [0.2, 0.25) is 0 Å². The molecule has 0 aliphatic carbocycles. The number of amides is 1. The van der Waals surface area contributed by atoms with Gasteiger partial charge in [0, 0.05) is 3.57 Å². The lowest BCUT2D eigenvalue weighted by molar-refractivity contribution is 0.0997. The van der Waals surface area contributed by atoms with Gasteiger partial charge in [-0.05, 0) is 52.9 Å². The molecule has 3 aromatic carbocycles. The average molecular weight is 502 g/mol. The molecule has 0 saturated carbocycles. The zero-order chi connectivity index (χ0) is 20.4. The molecule has 144 valence electrons. The Kier molecular flexibility index (Phi) is 5.73. The Labute approximate surface area is 170 Å². The smallest absolute Gasteiger partial charge is 0.254 e. The van der Waals surface area contributed by atoms with E-state index in [-0.39, 0.29) is 11.4 Å². The predicted octanol–water partition coefficient (Wildman–Crippen LogP) is 5.48. The molecule has 0 heterocycles. The van der Waals surface area contributed by atoms with Crippen molar-refractivity contribution in [3.8, 4) is 11.5 Å². The van der Waals surface area contributed by atoms with E-state index in [2.05, 4.69) is 5.32 Å². The van der Waals surface area contributed by atoms with Gasteiger partial charge < -0.3 is 15.8 Å². The Balaban J connectivity index is 2.19. The number of halogens is 5. The van der Waals surface area contributed by atoms with Crippen LogP contribution in [0.1, 0.15) is 10.4 Å². The number of carbonyl (C=O) groups is 1. The zero-order valence-corrected chi connectivity index (χ0v) is 16.1. The second-order valence-corrected chi connectivity index (χ2v) is 6.80. The molecule has 1 amide bonds. The third-order valence-electron chi connectivity index (χ3n) is 3.68. The summed E-state index contributed by atoms with van der Waals surface area (Å²) in [6.07, 6.45) is 0. The molecule has 28 heavy (non-hydrogen) atoms. The first-order valence-electron chi connectivity index (χ1n) is 7.74. The average Bonchev–Trinajstić information content (AvgIpc) is 2.66. The van der Waals surface area contributed by atoms with Crippen LogP contribution in [0, 0.1) is 26.8 Å². The zero-order valence-electron chi connectivity index (χ0n) is 13.9. The second kappa shape index (κ2) is 8.05. The van der Waals surface area contributed by atoms with Crippen molar-refractivity contribution in [3.63, 3.8) is 0 Å². The summed E-state index contributed by atoms with van der Waals surface area (Å²) in [7, 11) is 0. The highest BCUT2D eigenvalue weighted by molar-refractivity contribution is 14.1. The Morgan fingerprint density at radius 3 is 2.25 bits per heavy atom. The van der Waals surface area contributed by atoms with Gasteiger partial charge in [0.25, 0.3) is 5.91 Å². The van der Waals surface area contributed by atoms with Gasteiger partial charge in [-0.3, -0.25) is 4.79 Å². The number of para-hydroxylation sites is 1. The third kappa shape index (κ3) is 3.88. The molecule has 0 spiro atoms. The molecule has 3 N–H and O–H groups in total. The highest BCUT2D eigenvalue weighted by Gasteiger charge is 2.30. The van der Waals surface area contributed by atoms with Gasteiger partial charge in [0.2, 0.25) is 11.6 Å². The van der Waals surface area contributed by atoms with Gasteiger partial charge in [-0.2, -0.15) is 4.39 Å². The number of anilines is 2. The summed E-state index contributed by atoms with van der Waals surface area (Å²) >= 11 is 1.86. The summed E-state index contributed by atoms with van der Waals surface area (Å²) in [5.41, 5.74) is 3.37. The molecule has 0 aliphatic heterocycles. The van der Waals surface area contributed by atoms with Crippen molar-refractivity contribution in [1.29, 1.82) is 0 Å². The van der Waals surface area contributed by atoms with E-state index >= 15 is 0 Å². The quantitative estimate of drug-likeness (QED) is 0.276. The van der Waals surface area contributed by atoms with Gasteiger partial charge in [0.1, 0.15) is 17.1 Å². The van der Waals surface area contributed by atoms with Crippen LogP contribution in [-0.2, 0) is 0 Å². The van der Waals surface area contributed by atoms with Gasteiger partial charge in [-0.15, -0.1) is 0 Å². The lowest BCUT2D eigenvalue weighted by Crippen LogP contribution is -2.18. The Morgan fingerprint density at radius 2 is 1.64 bits per heavy atom. The Bertz CT molecular complexity index is 1060. The fourth-order valence-corrected chi connectivity index (χ4v) is 2.87. The van der Waals surface area contributed by atoms with Crippen LogP contribution in [-0.4, -0.2) is 5.91 Å². The standard InChI is InChI=1S/C19H11F4IN2O2/c20-11-8-9(24)6-7-12(11)26-17-13(19(25)27)18(16(23)14(21)15(17)22)28-10-4-2-1-3-5-10/h1-8,26H,(H2,25,27). The van der Waals surface area contributed by atoms with Crippen LogP contribution >= 0.6 is 22.6 Å². The van der Waals surface area contributed by atoms with Gasteiger partial charge in [0.15, 0.2) is 11.6 Å². The molecule has 3 aromatic rings. The summed E-state index contributed by atoms with van der Waals surface area (Å²) in [6.45, 7) is 0. The summed E-state index contributed by atoms with van der Waals surface area (Å²) in [5, 5.41) is 2.27. The van der Waals surface area contributed by atoms with Gasteiger partial charge in [-0.1, -0.05) is 18.2 Å². The van der Waals surface area contributed by atoms with E-state index in [1.165, 1.54) is 24.3 Å². The molecule has 0 atom stereocenters. The summed E-state index contributed by atoms with van der Waals surface area (Å²) < 4.78 is 62.9. The molecule has 0 unspecified atom stereocenters. The lowest BCUT2D eigenvalue weighted by Gasteiger charge is -2.17. The molecule has 0 aromatic heterocycles. The highest BCUT2D eigenvalue weighted by atomic mass is 127. The molecule has 0 bridgehead atoms. The van der Waals surface area contributed by atoms with E-state index < -0.39 is 46.2 Å². The van der Waals surface area contributed by atoms with Crippen molar-refractivity contribution < 1.29 is 27.1 Å². The lowest BCUT2D eigenvalue weighted by atomic mass is 10.1. The van der Waals surface area contributed by atoms with E-state index in [1.807, 2.05) is 22.6 Å². The molecule has 0 fully saturated rings. The van der Waals surface area contributed by atoms with Crippen molar-refractivity contribution >= 4 is 39.9 Å². The minimum atomic E-state index is -1.90. The molecule has 9 heteroatoms. The minimum absolute atomic E-state index is 0.0568. The maximum absolute atomic E-state index is 14.4. The normalized spacial score (nSPS) is 10.6. The van der Waals surface area contributed by atoms with Crippen molar-refractivity contribution in [2.24, 2.45) is 5.73 Å². The topological polar surface area (TPSA) is 64.4 Å². The van der Waals surface area contributed by atoms with Crippen molar-refractivity contribution in [3.05, 3.63) is 80.9 Å². The summed E-state index contributed by atoms with van der Waals surface area (Å²) in [6, 6.07) is 11.5. The molecule has 0 aliphatic rings. The van der Waals surface area contributed by atoms with Crippen LogP contribution in [0.3, 0.4) is 0 Å². The molecule has 3 rings (SSSR count). The number of hydrogen-bond acceptors (Lipinski definition) is 3. The van der Waals surface area contributed by atoms with Crippen LogP contribution in [0.5, 0.6) is 11.5 Å². The van der Waals surface area contributed by atoms with Crippen LogP contribution < -0.4 is 15.8 Å². The van der Waals surface area contributed by atoms with E-state index in [1.54, 1.807) is 18.2 Å². The Hall–Kier alpha value is -2.82. The fraction of sp³-hybridized carbons (Fsp3) is 0. The number of nitrogens with one attached hydrogen (secondary N) is 1. The number of benzene rings is 3. The van der Waals surface area contributed by atoms with Gasteiger partial charge in [-0.25, -0.2) is 13.2 Å². The van der Waals surface area contributed by atoms with Crippen molar-refractivity contribution in [1.82, 2.24) is 0 Å². The second-order valence-electron chi connectivity index (χ2n) is 5.55. The predicted molar refractivity (Wildman–Crippen MR) is 104 cm³/mol. The van der Waals surface area contributed by atoms with Gasteiger partial charge in [0.05, 0.1) is 11.4 Å². The van der Waals surface area contributed by atoms with Crippen molar-refractivity contribution in [2.45, 2.75) is 0 Å². The number of carbonyl (C=O) groups excluding carboxylic acids is 1. The molecule has 4 nitrogen and oxygen atoms in total. The first-order valence-corrected chi connectivity index (χ1v) is 8.82. The minimum Gasteiger partial charge on any atom is -0.453 e. The first kappa shape index (κ1) is 19.9. The van der Waals surface area contributed by atoms with Gasteiger partial charge >= 0.3 is 0 Å². The summed E-state index contributed by atoms with van der Waals surface area (Å²) in [5.74, 6) is -8.31. The van der Waals surface area contributed by atoms with E-state index in [0.717, 1.165) is 6.07 Å². The third-order valence-corrected chi connectivity index (χ3v) is 4.35. The van der Waals surface area contributed by atoms with E-state index in [9.17, 15) is 22.4 Å². The molecule has 0 saturated heterocycles. The number of rotatable bonds is 5. The maximum atomic E-state index is 14.4. The van der Waals surface area contributed by atoms with Crippen LogP contribution in [0.15, 0.2) is 48.5 Å². The van der Waals surface area contributed by atoms with E-state index in [0.29, 0.717) is 3.57 Å². The molecule has 0 radical (unpaired) electrons. The highest BCUT2D eigenvalue weighted by Crippen LogP contribution is 2.39. The SMILES string of the molecule is NC(=O)c1c(Nc2ccc(I)cc2F)c(F)c(F)c(F)c1Oc1ccccc1. The van der Waals surface area contributed by atoms with Crippen LogP contribution in [0.4, 0.5) is 28.9 Å². The first-order chi connectivity index (χ1) is 13.3. The molecular formula is C19H11F4IN2O2. The number of primary amides is 1. The Morgan fingerprint density at radius 1 is 0.964 bits per heavy atom. The number of hydrogen-bond donors (Lipinski definition) is 2. The van der Waals surface area contributed by atoms with Crippen LogP contribution in [0.25, 0.3) is 0 Å². The summed E-state index contributed by atoms with van der Waals surface area (Å²) in [4.78, 5) is 11.9. The monoisotopic (exact) mass is 502 g/mol. The van der Waals surface area contributed by atoms with Crippen molar-refractivity contribution in [2.75, 3.05) is 5.32 Å². The molecular weight excluding hydrogens is 491 g/mol. The number of ether oxygens (including phenoxy) is 1. The largest absolute Gasteiger partial charge is 0.453 e.